The molecule has 0 N–H and O–H groups in total. The molecule has 0 atom stereocenters. The van der Waals surface area contributed by atoms with Gasteiger partial charge in [-0.05, 0) is 18.1 Å². The van der Waals surface area contributed by atoms with Crippen LogP contribution in [0.2, 0.25) is 0 Å². The number of hydroxylamine groups is 1. The minimum atomic E-state index is 0.692. The SMILES string of the molecule is CON1CCc2cccc(C#N)c21. The lowest BCUT2D eigenvalue weighted by atomic mass is 10.1. The van der Waals surface area contributed by atoms with Crippen LogP contribution in [0.15, 0.2) is 18.2 Å². The van der Waals surface area contributed by atoms with Crippen LogP contribution in [-0.2, 0) is 11.3 Å². The molecule has 1 heterocycles. The molecule has 0 amide bonds. The van der Waals surface area contributed by atoms with Gasteiger partial charge in [-0.15, -0.1) is 0 Å². The third kappa shape index (κ3) is 1.16. The van der Waals surface area contributed by atoms with E-state index in [4.69, 9.17) is 10.1 Å². The number of para-hydroxylation sites is 1. The number of hydrogen-bond acceptors (Lipinski definition) is 3. The Labute approximate surface area is 77.1 Å². The highest BCUT2D eigenvalue weighted by atomic mass is 16.7. The lowest BCUT2D eigenvalue weighted by molar-refractivity contribution is 0.174. The molecule has 2 rings (SSSR count). The molecule has 13 heavy (non-hydrogen) atoms. The lowest BCUT2D eigenvalue weighted by Crippen LogP contribution is -2.18. The Morgan fingerprint density at radius 2 is 2.38 bits per heavy atom. The number of nitriles is 1. The first-order valence-electron chi connectivity index (χ1n) is 4.20. The third-order valence-electron chi connectivity index (χ3n) is 2.29. The van der Waals surface area contributed by atoms with E-state index in [-0.39, 0.29) is 0 Å². The van der Waals surface area contributed by atoms with Crippen molar-refractivity contribution in [2.75, 3.05) is 18.7 Å². The van der Waals surface area contributed by atoms with Crippen LogP contribution in [0, 0.1) is 11.3 Å². The zero-order chi connectivity index (χ0) is 9.26. The molecule has 0 fully saturated rings. The molecule has 1 aliphatic rings. The number of rotatable bonds is 1. The third-order valence-corrected chi connectivity index (χ3v) is 2.29. The van der Waals surface area contributed by atoms with Crippen LogP contribution >= 0.6 is 0 Å². The molecule has 3 nitrogen and oxygen atoms in total. The molecule has 0 aromatic heterocycles. The molecule has 0 aliphatic carbocycles. The van der Waals surface area contributed by atoms with Gasteiger partial charge in [-0.25, -0.2) is 0 Å². The van der Waals surface area contributed by atoms with Crippen molar-refractivity contribution < 1.29 is 4.84 Å². The quantitative estimate of drug-likeness (QED) is 0.647. The van der Waals surface area contributed by atoms with Gasteiger partial charge in [0.2, 0.25) is 0 Å². The van der Waals surface area contributed by atoms with Crippen LogP contribution in [0.3, 0.4) is 0 Å². The Bertz CT molecular complexity index is 368. The standard InChI is InChI=1S/C10H10N2O/c1-13-12-6-5-8-3-2-4-9(7-11)10(8)12/h2-4H,5-6H2,1H3. The summed E-state index contributed by atoms with van der Waals surface area (Å²) in [6.07, 6.45) is 0.957. The fourth-order valence-electron chi connectivity index (χ4n) is 1.69. The van der Waals surface area contributed by atoms with Gasteiger partial charge in [0, 0.05) is 6.54 Å². The van der Waals surface area contributed by atoms with Crippen molar-refractivity contribution in [1.82, 2.24) is 0 Å². The predicted molar refractivity (Wildman–Crippen MR) is 49.2 cm³/mol. The van der Waals surface area contributed by atoms with Gasteiger partial charge in [-0.2, -0.15) is 5.26 Å². The van der Waals surface area contributed by atoms with Gasteiger partial charge in [0.1, 0.15) is 6.07 Å². The van der Waals surface area contributed by atoms with Crippen molar-refractivity contribution >= 4 is 5.69 Å². The van der Waals surface area contributed by atoms with Gasteiger partial charge in [0.25, 0.3) is 0 Å². The average molecular weight is 174 g/mol. The smallest absolute Gasteiger partial charge is 0.101 e. The van der Waals surface area contributed by atoms with Crippen molar-refractivity contribution in [2.45, 2.75) is 6.42 Å². The molecule has 66 valence electrons. The van der Waals surface area contributed by atoms with E-state index in [1.54, 1.807) is 12.2 Å². The van der Waals surface area contributed by atoms with Crippen LogP contribution in [-0.4, -0.2) is 13.7 Å². The van der Waals surface area contributed by atoms with E-state index in [9.17, 15) is 0 Å². The maximum absolute atomic E-state index is 8.88. The molecule has 1 aromatic carbocycles. The van der Waals surface area contributed by atoms with E-state index in [1.165, 1.54) is 5.56 Å². The van der Waals surface area contributed by atoms with E-state index < -0.39 is 0 Å². The summed E-state index contributed by atoms with van der Waals surface area (Å²) in [5.41, 5.74) is 2.82. The van der Waals surface area contributed by atoms with Crippen LogP contribution in [0.25, 0.3) is 0 Å². The van der Waals surface area contributed by atoms with Gasteiger partial charge >= 0.3 is 0 Å². The second-order valence-corrected chi connectivity index (χ2v) is 2.96. The fourth-order valence-corrected chi connectivity index (χ4v) is 1.69. The maximum Gasteiger partial charge on any atom is 0.101 e. The topological polar surface area (TPSA) is 36.3 Å². The molecule has 0 saturated heterocycles. The highest BCUT2D eigenvalue weighted by Gasteiger charge is 2.21. The van der Waals surface area contributed by atoms with Gasteiger partial charge in [-0.1, -0.05) is 12.1 Å². The van der Waals surface area contributed by atoms with Gasteiger partial charge in [-0.3, -0.25) is 9.90 Å². The maximum atomic E-state index is 8.88. The van der Waals surface area contributed by atoms with Crippen molar-refractivity contribution in [3.63, 3.8) is 0 Å². The van der Waals surface area contributed by atoms with Crippen LogP contribution in [0.5, 0.6) is 0 Å². The molecule has 0 unspecified atom stereocenters. The summed E-state index contributed by atoms with van der Waals surface area (Å²) < 4.78 is 0. The number of anilines is 1. The number of hydrogen-bond donors (Lipinski definition) is 0. The summed E-state index contributed by atoms with van der Waals surface area (Å²) in [6, 6.07) is 7.94. The number of nitrogens with zero attached hydrogens (tertiary/aromatic N) is 2. The van der Waals surface area contributed by atoms with Gasteiger partial charge < -0.3 is 0 Å². The van der Waals surface area contributed by atoms with Crippen molar-refractivity contribution in [1.29, 1.82) is 5.26 Å². The summed E-state index contributed by atoms with van der Waals surface area (Å²) in [7, 11) is 1.63. The molecule has 0 spiro atoms. The Balaban J connectivity index is 2.54. The zero-order valence-electron chi connectivity index (χ0n) is 7.45. The number of benzene rings is 1. The minimum absolute atomic E-state index is 0.692. The van der Waals surface area contributed by atoms with Crippen molar-refractivity contribution in [3.8, 4) is 6.07 Å². The fraction of sp³-hybridized carbons (Fsp3) is 0.300. The molecule has 1 aromatic rings. The van der Waals surface area contributed by atoms with Gasteiger partial charge in [0.05, 0.1) is 18.4 Å². The Morgan fingerprint density at radius 1 is 1.54 bits per heavy atom. The Hall–Kier alpha value is -1.53. The molecular weight excluding hydrogens is 164 g/mol. The second kappa shape index (κ2) is 3.08. The first-order chi connectivity index (χ1) is 6.36. The van der Waals surface area contributed by atoms with E-state index >= 15 is 0 Å². The monoisotopic (exact) mass is 174 g/mol. The highest BCUT2D eigenvalue weighted by molar-refractivity contribution is 5.65. The molecular formula is C10H10N2O. The van der Waals surface area contributed by atoms with E-state index in [2.05, 4.69) is 6.07 Å². The summed E-state index contributed by atoms with van der Waals surface area (Å²) in [5.74, 6) is 0. The van der Waals surface area contributed by atoms with Crippen molar-refractivity contribution in [3.05, 3.63) is 29.3 Å². The predicted octanol–water partition coefficient (Wildman–Crippen LogP) is 1.48. The van der Waals surface area contributed by atoms with Crippen LogP contribution in [0.1, 0.15) is 11.1 Å². The summed E-state index contributed by atoms with van der Waals surface area (Å²) >= 11 is 0. The minimum Gasteiger partial charge on any atom is -0.277 e. The van der Waals surface area contributed by atoms with Gasteiger partial charge in [0.15, 0.2) is 0 Å². The Kier molecular flexibility index (Phi) is 1.91. The summed E-state index contributed by atoms with van der Waals surface area (Å²) in [5, 5.41) is 10.7. The summed E-state index contributed by atoms with van der Waals surface area (Å²) in [4.78, 5) is 5.16. The van der Waals surface area contributed by atoms with E-state index in [0.29, 0.717) is 5.56 Å². The molecule has 0 saturated carbocycles. The number of fused-ring (bicyclic) bond motifs is 1. The normalized spacial score (nSPS) is 14.0. The lowest BCUT2D eigenvalue weighted by Gasteiger charge is -2.16. The summed E-state index contributed by atoms with van der Waals surface area (Å²) in [6.45, 7) is 0.838. The molecule has 0 radical (unpaired) electrons. The van der Waals surface area contributed by atoms with Crippen LogP contribution in [0.4, 0.5) is 5.69 Å². The highest BCUT2D eigenvalue weighted by Crippen LogP contribution is 2.30. The molecule has 1 aliphatic heterocycles. The van der Waals surface area contributed by atoms with E-state index in [1.807, 2.05) is 18.2 Å². The second-order valence-electron chi connectivity index (χ2n) is 2.96. The Morgan fingerprint density at radius 3 is 3.08 bits per heavy atom. The first kappa shape index (κ1) is 8.09. The van der Waals surface area contributed by atoms with Crippen molar-refractivity contribution in [2.24, 2.45) is 0 Å². The first-order valence-corrected chi connectivity index (χ1v) is 4.20. The molecule has 0 bridgehead atoms. The zero-order valence-corrected chi connectivity index (χ0v) is 7.45. The van der Waals surface area contributed by atoms with E-state index in [0.717, 1.165) is 18.7 Å². The van der Waals surface area contributed by atoms with Crippen LogP contribution < -0.4 is 5.06 Å². The largest absolute Gasteiger partial charge is 0.277 e. The molecule has 3 heteroatoms. The average Bonchev–Trinajstić information content (AvgIpc) is 2.60.